The smallest absolute Gasteiger partial charge is 0.432 e. The van der Waals surface area contributed by atoms with Crippen molar-refractivity contribution in [1.29, 1.82) is 0 Å². The zero-order chi connectivity index (χ0) is 49.1. The SMILES string of the molecule is CCCCCCCCCCCCCC#C[C@@H](OC(=O)[C@](OC)(c1ccccc1)C(F)(F)F)[C@@H](COC(=O)[C@](OC)(c1ccccc1)C(F)(F)F)NC(=O)[C@](OC)(c1ccccc1)C(F)(F)F. The number of carbonyl (C=O) groups excluding carboxylic acids is 3. The highest BCUT2D eigenvalue weighted by Gasteiger charge is 2.67. The van der Waals surface area contributed by atoms with Gasteiger partial charge in [-0.15, -0.1) is 0 Å². The fourth-order valence-electron chi connectivity index (χ4n) is 7.40. The zero-order valence-corrected chi connectivity index (χ0v) is 37.2. The van der Waals surface area contributed by atoms with Gasteiger partial charge in [0.25, 0.3) is 22.7 Å². The Morgan fingerprint density at radius 1 is 0.530 bits per heavy atom. The fraction of sp³-hybridized carbons (Fsp3) is 0.521. The maximum absolute atomic E-state index is 15.1. The fourth-order valence-corrected chi connectivity index (χ4v) is 7.40. The molecule has 3 rings (SSSR count). The number of ether oxygens (including phenoxy) is 5. The Morgan fingerprint density at radius 3 is 1.27 bits per heavy atom. The molecule has 1 amide bonds. The van der Waals surface area contributed by atoms with Gasteiger partial charge < -0.3 is 29.0 Å². The van der Waals surface area contributed by atoms with Crippen LogP contribution in [-0.2, 0) is 54.9 Å². The lowest BCUT2D eigenvalue weighted by atomic mass is 9.90. The predicted molar refractivity (Wildman–Crippen MR) is 225 cm³/mol. The minimum atomic E-state index is -5.59. The lowest BCUT2D eigenvalue weighted by molar-refractivity contribution is -0.279. The molecule has 66 heavy (non-hydrogen) atoms. The molecule has 0 radical (unpaired) electrons. The van der Waals surface area contributed by atoms with Crippen molar-refractivity contribution in [2.45, 2.75) is 131 Å². The van der Waals surface area contributed by atoms with Crippen molar-refractivity contribution in [3.63, 3.8) is 0 Å². The van der Waals surface area contributed by atoms with Gasteiger partial charge in [-0.25, -0.2) is 9.59 Å². The number of benzene rings is 3. The largest absolute Gasteiger partial charge is 0.461 e. The molecular formula is C48H56F9NO8. The summed E-state index contributed by atoms with van der Waals surface area (Å²) >= 11 is 0. The number of nitrogens with one attached hydrogen (secondary N) is 1. The molecular weight excluding hydrogens is 890 g/mol. The molecule has 3 aromatic rings. The average molecular weight is 946 g/mol. The standard InChI is InChI=1S/C48H56F9NO8/c1-5-6-7-8-9-10-11-12-13-14-15-16-26-33-39(66-42(61)45(64-4,48(55,56)57)37-31-24-19-25-32-37)38(58-40(59)43(62-2,46(49,50)51)35-27-20-17-21-28-35)34-65-41(60)44(63-3,47(52,53)54)36-29-22-18-23-30-36/h17-25,27-32,38-39H,5-16,34H2,1-4H3,(H,58,59)/t38-,39-,43-,44-,45-/m1/s1. The van der Waals surface area contributed by atoms with E-state index in [1.807, 2.05) is 5.32 Å². The Bertz CT molecular complexity index is 2010. The van der Waals surface area contributed by atoms with E-state index in [2.05, 4.69) is 18.8 Å². The molecule has 0 spiro atoms. The van der Waals surface area contributed by atoms with Crippen LogP contribution in [0.5, 0.6) is 0 Å². The monoisotopic (exact) mass is 945 g/mol. The molecule has 5 atom stereocenters. The lowest BCUT2D eigenvalue weighted by Gasteiger charge is -2.37. The van der Waals surface area contributed by atoms with Gasteiger partial charge in [0.05, 0.1) is 0 Å². The van der Waals surface area contributed by atoms with E-state index in [1.54, 1.807) is 0 Å². The van der Waals surface area contributed by atoms with Crippen molar-refractivity contribution in [1.82, 2.24) is 5.32 Å². The molecule has 364 valence electrons. The number of rotatable bonds is 25. The second-order valence-corrected chi connectivity index (χ2v) is 15.4. The molecule has 0 aliphatic carbocycles. The average Bonchev–Trinajstić information content (AvgIpc) is 3.27. The molecule has 0 heterocycles. The number of alkyl halides is 9. The topological polar surface area (TPSA) is 109 Å². The normalized spacial score (nSPS) is 15.7. The molecule has 0 fully saturated rings. The van der Waals surface area contributed by atoms with E-state index in [9.17, 15) is 27.6 Å². The van der Waals surface area contributed by atoms with Gasteiger partial charge in [-0.2, -0.15) is 39.5 Å². The Kier molecular flexibility index (Phi) is 21.0. The maximum Gasteiger partial charge on any atom is 0.432 e. The van der Waals surface area contributed by atoms with Crippen LogP contribution in [0.2, 0.25) is 0 Å². The van der Waals surface area contributed by atoms with Gasteiger partial charge >= 0.3 is 30.5 Å². The Labute approximate surface area is 379 Å². The van der Waals surface area contributed by atoms with Crippen molar-refractivity contribution in [3.8, 4) is 11.8 Å². The highest BCUT2D eigenvalue weighted by Crippen LogP contribution is 2.46. The van der Waals surface area contributed by atoms with Gasteiger partial charge in [0.2, 0.25) is 0 Å². The van der Waals surface area contributed by atoms with Crippen LogP contribution in [0.1, 0.15) is 101 Å². The maximum atomic E-state index is 15.1. The van der Waals surface area contributed by atoms with Crippen molar-refractivity contribution < 1.29 is 77.6 Å². The van der Waals surface area contributed by atoms with Crippen LogP contribution in [0.4, 0.5) is 39.5 Å². The number of hydrogen-bond donors (Lipinski definition) is 1. The number of methoxy groups -OCH3 is 3. The Morgan fingerprint density at radius 2 is 0.894 bits per heavy atom. The first-order chi connectivity index (χ1) is 31.2. The van der Waals surface area contributed by atoms with E-state index in [4.69, 9.17) is 23.7 Å². The Hall–Kier alpha value is -5.12. The molecule has 9 nitrogen and oxygen atoms in total. The van der Waals surface area contributed by atoms with E-state index >= 15 is 26.3 Å². The molecule has 3 aromatic carbocycles. The van der Waals surface area contributed by atoms with Gasteiger partial charge in [0.15, 0.2) is 6.10 Å². The molecule has 0 saturated carbocycles. The van der Waals surface area contributed by atoms with Gasteiger partial charge in [0.1, 0.15) is 12.6 Å². The zero-order valence-electron chi connectivity index (χ0n) is 37.2. The van der Waals surface area contributed by atoms with Gasteiger partial charge in [-0.05, 0) is 6.42 Å². The molecule has 0 aliphatic rings. The molecule has 0 bridgehead atoms. The summed E-state index contributed by atoms with van der Waals surface area (Å²) in [6, 6.07) is 13.7. The molecule has 0 aromatic heterocycles. The molecule has 18 heteroatoms. The summed E-state index contributed by atoms with van der Waals surface area (Å²) in [5.41, 5.74) is -14.1. The van der Waals surface area contributed by atoms with Crippen LogP contribution in [0.25, 0.3) is 0 Å². The molecule has 0 saturated heterocycles. The first kappa shape index (κ1) is 55.2. The summed E-state index contributed by atoms with van der Waals surface area (Å²) in [7, 11) is 1.61. The molecule has 0 aliphatic heterocycles. The summed E-state index contributed by atoms with van der Waals surface area (Å²) in [6.45, 7) is 0.556. The van der Waals surface area contributed by atoms with E-state index < -0.39 is 88.6 Å². The minimum absolute atomic E-state index is 0.0116. The highest BCUT2D eigenvalue weighted by molar-refractivity contribution is 5.88. The number of amides is 1. The van der Waals surface area contributed by atoms with Gasteiger partial charge in [-0.1, -0.05) is 174 Å². The quantitative estimate of drug-likeness (QED) is 0.0387. The number of carbonyl (C=O) groups is 3. The van der Waals surface area contributed by atoms with Crippen molar-refractivity contribution in [3.05, 3.63) is 108 Å². The van der Waals surface area contributed by atoms with Crippen LogP contribution < -0.4 is 5.32 Å². The van der Waals surface area contributed by atoms with Crippen molar-refractivity contribution in [2.24, 2.45) is 0 Å². The van der Waals surface area contributed by atoms with Crippen LogP contribution in [0.15, 0.2) is 91.0 Å². The summed E-state index contributed by atoms with van der Waals surface area (Å²) in [5.74, 6) is -1.53. The number of hydrogen-bond acceptors (Lipinski definition) is 8. The third-order valence-corrected chi connectivity index (χ3v) is 11.0. The predicted octanol–water partition coefficient (Wildman–Crippen LogP) is 10.9. The summed E-state index contributed by atoms with van der Waals surface area (Å²) in [5, 5.41) is 1.88. The third kappa shape index (κ3) is 13.1. The number of unbranched alkanes of at least 4 members (excludes halogenated alkanes) is 11. The van der Waals surface area contributed by atoms with E-state index in [-0.39, 0.29) is 6.42 Å². The van der Waals surface area contributed by atoms with Gasteiger partial charge in [0, 0.05) is 44.4 Å². The highest BCUT2D eigenvalue weighted by atomic mass is 19.4. The van der Waals surface area contributed by atoms with E-state index in [0.29, 0.717) is 34.2 Å². The Balaban J connectivity index is 2.16. The van der Waals surface area contributed by atoms with Crippen LogP contribution in [0.3, 0.4) is 0 Å². The van der Waals surface area contributed by atoms with Gasteiger partial charge in [-0.3, -0.25) is 4.79 Å². The second kappa shape index (κ2) is 25.1. The van der Waals surface area contributed by atoms with Crippen molar-refractivity contribution in [2.75, 3.05) is 27.9 Å². The molecule has 0 unspecified atom stereocenters. The number of esters is 2. The first-order valence-electron chi connectivity index (χ1n) is 21.4. The second-order valence-electron chi connectivity index (χ2n) is 15.4. The minimum Gasteiger partial charge on any atom is -0.461 e. The van der Waals surface area contributed by atoms with Crippen LogP contribution in [-0.4, -0.2) is 76.5 Å². The summed E-state index contributed by atoms with van der Waals surface area (Å²) in [4.78, 5) is 41.9. The summed E-state index contributed by atoms with van der Waals surface area (Å²) in [6.07, 6.45) is -8.69. The van der Waals surface area contributed by atoms with E-state index in [0.717, 1.165) is 118 Å². The summed E-state index contributed by atoms with van der Waals surface area (Å²) < 4.78 is 160. The van der Waals surface area contributed by atoms with E-state index in [1.165, 1.54) is 31.0 Å². The first-order valence-corrected chi connectivity index (χ1v) is 21.4. The van der Waals surface area contributed by atoms with Crippen LogP contribution >= 0.6 is 0 Å². The van der Waals surface area contributed by atoms with Crippen molar-refractivity contribution >= 4 is 17.8 Å². The lowest BCUT2D eigenvalue weighted by Crippen LogP contribution is -2.61. The van der Waals surface area contributed by atoms with Crippen LogP contribution in [0, 0.1) is 11.8 Å². The third-order valence-electron chi connectivity index (χ3n) is 11.0. The number of halogens is 9. The molecule has 1 N–H and O–H groups in total.